The number of ketones is 4. The maximum Gasteiger partial charge on any atom is 0.168 e. The van der Waals surface area contributed by atoms with Crippen molar-refractivity contribution in [2.24, 2.45) is 11.8 Å². The molecule has 0 saturated carbocycles. The van der Waals surface area contributed by atoms with Crippen molar-refractivity contribution >= 4 is 35.3 Å². The van der Waals surface area contributed by atoms with Gasteiger partial charge in [-0.1, -0.05) is 27.7 Å². The van der Waals surface area contributed by atoms with Crippen LogP contribution < -0.4 is 0 Å². The zero-order valence-corrected chi connectivity index (χ0v) is 20.9. The Labute approximate surface area is 207 Å². The van der Waals surface area contributed by atoms with Crippen molar-refractivity contribution in [2.45, 2.75) is 41.5 Å². The van der Waals surface area contributed by atoms with E-state index in [-0.39, 0.29) is 45.7 Å². The van der Waals surface area contributed by atoms with Crippen molar-refractivity contribution in [3.63, 3.8) is 0 Å². The molecule has 0 bridgehead atoms. The molecule has 0 aliphatic rings. The molecule has 2 rings (SSSR count). The van der Waals surface area contributed by atoms with E-state index in [2.05, 4.69) is 0 Å². The summed E-state index contributed by atoms with van der Waals surface area (Å²) in [5, 5.41) is 0. The van der Waals surface area contributed by atoms with Crippen LogP contribution >= 0.6 is 0 Å². The standard InChI is InChI=1S/2C14H14F2O2/c2*1-8(2)14(18)13(9(3)17)6-10-4-11(15)7-12(16)5-10/h2*4-8H,1-3H3/b13-6+;13-6-. The van der Waals surface area contributed by atoms with Crippen LogP contribution in [0.3, 0.4) is 0 Å². The highest BCUT2D eigenvalue weighted by molar-refractivity contribution is 6.23. The van der Waals surface area contributed by atoms with Gasteiger partial charge in [0.25, 0.3) is 0 Å². The summed E-state index contributed by atoms with van der Waals surface area (Å²) in [4.78, 5) is 46.3. The van der Waals surface area contributed by atoms with Crippen LogP contribution in [0.1, 0.15) is 52.7 Å². The molecule has 8 heteroatoms. The number of carbonyl (C=O) groups is 4. The number of carbonyl (C=O) groups excluding carboxylic acids is 4. The van der Waals surface area contributed by atoms with E-state index >= 15 is 0 Å². The predicted molar refractivity (Wildman–Crippen MR) is 130 cm³/mol. The lowest BCUT2D eigenvalue weighted by Gasteiger charge is -2.06. The summed E-state index contributed by atoms with van der Waals surface area (Å²) in [5.74, 6) is -5.21. The van der Waals surface area contributed by atoms with Gasteiger partial charge in [0, 0.05) is 24.0 Å². The van der Waals surface area contributed by atoms with Crippen LogP contribution in [0.15, 0.2) is 47.5 Å². The van der Waals surface area contributed by atoms with Gasteiger partial charge < -0.3 is 0 Å². The second kappa shape index (κ2) is 13.4. The van der Waals surface area contributed by atoms with E-state index < -0.39 is 34.8 Å². The van der Waals surface area contributed by atoms with Gasteiger partial charge in [0.05, 0.1) is 11.1 Å². The van der Waals surface area contributed by atoms with E-state index in [9.17, 15) is 36.7 Å². The number of hydrogen-bond acceptors (Lipinski definition) is 4. The molecule has 0 aromatic heterocycles. The van der Waals surface area contributed by atoms with Crippen LogP contribution in [0.5, 0.6) is 0 Å². The molecule has 0 heterocycles. The minimum absolute atomic E-state index is 0.0463. The van der Waals surface area contributed by atoms with Gasteiger partial charge in [0.15, 0.2) is 23.1 Å². The molecule has 4 nitrogen and oxygen atoms in total. The third-order valence-electron chi connectivity index (χ3n) is 4.73. The summed E-state index contributed by atoms with van der Waals surface area (Å²) in [6, 6.07) is 5.74. The number of allylic oxidation sites excluding steroid dienone is 2. The molecule has 0 N–H and O–H groups in total. The normalized spacial score (nSPS) is 11.8. The number of Topliss-reactive ketones (excluding diaryl/α,β-unsaturated/α-hetero) is 4. The Morgan fingerprint density at radius 2 is 0.806 bits per heavy atom. The van der Waals surface area contributed by atoms with Crippen molar-refractivity contribution in [2.75, 3.05) is 0 Å². The van der Waals surface area contributed by atoms with E-state index in [1.165, 1.54) is 26.0 Å². The Morgan fingerprint density at radius 1 is 0.556 bits per heavy atom. The highest BCUT2D eigenvalue weighted by Crippen LogP contribution is 2.17. The zero-order valence-electron chi connectivity index (χ0n) is 20.9. The second-order valence-electron chi connectivity index (χ2n) is 8.67. The molecule has 0 amide bonds. The summed E-state index contributed by atoms with van der Waals surface area (Å²) in [5.41, 5.74) is 0.225. The zero-order chi connectivity index (χ0) is 27.7. The quantitative estimate of drug-likeness (QED) is 0.183. The van der Waals surface area contributed by atoms with Crippen LogP contribution in [0, 0.1) is 35.1 Å². The maximum absolute atomic E-state index is 13.0. The van der Waals surface area contributed by atoms with Gasteiger partial charge >= 0.3 is 0 Å². The average Bonchev–Trinajstić information content (AvgIpc) is 2.73. The first-order chi connectivity index (χ1) is 16.6. The van der Waals surface area contributed by atoms with Crippen molar-refractivity contribution < 1.29 is 36.7 Å². The third kappa shape index (κ3) is 9.52. The minimum atomic E-state index is -0.749. The summed E-state index contributed by atoms with van der Waals surface area (Å²) < 4.78 is 52.0. The number of halogens is 4. The van der Waals surface area contributed by atoms with Crippen molar-refractivity contribution in [3.8, 4) is 0 Å². The van der Waals surface area contributed by atoms with Crippen LogP contribution in [0.25, 0.3) is 12.2 Å². The van der Waals surface area contributed by atoms with Gasteiger partial charge in [-0.3, -0.25) is 19.2 Å². The monoisotopic (exact) mass is 504 g/mol. The fourth-order valence-electron chi connectivity index (χ4n) is 2.96. The summed E-state index contributed by atoms with van der Waals surface area (Å²) >= 11 is 0. The summed E-state index contributed by atoms with van der Waals surface area (Å²) in [6.07, 6.45) is 2.44. The molecule has 0 fully saturated rings. The first kappa shape index (κ1) is 30.4. The molecule has 2 aromatic rings. The predicted octanol–water partition coefficient (Wildman–Crippen LogP) is 6.32. The van der Waals surface area contributed by atoms with Crippen molar-refractivity contribution in [1.29, 1.82) is 0 Å². The molecule has 0 saturated heterocycles. The second-order valence-corrected chi connectivity index (χ2v) is 8.67. The average molecular weight is 505 g/mol. The smallest absolute Gasteiger partial charge is 0.168 e. The number of rotatable bonds is 8. The van der Waals surface area contributed by atoms with Crippen LogP contribution in [0.4, 0.5) is 17.6 Å². The lowest BCUT2D eigenvalue weighted by molar-refractivity contribution is -0.123. The molecule has 0 spiro atoms. The molecule has 0 unspecified atom stereocenters. The molecule has 0 radical (unpaired) electrons. The van der Waals surface area contributed by atoms with Gasteiger partial charge in [-0.05, 0) is 61.4 Å². The van der Waals surface area contributed by atoms with Crippen molar-refractivity contribution in [3.05, 3.63) is 81.9 Å². The molecular formula is C28H28F4O4. The molecule has 36 heavy (non-hydrogen) atoms. The Morgan fingerprint density at radius 3 is 1.00 bits per heavy atom. The molecule has 0 aliphatic heterocycles. The van der Waals surface area contributed by atoms with Gasteiger partial charge in [0.1, 0.15) is 23.3 Å². The van der Waals surface area contributed by atoms with Gasteiger partial charge in [-0.15, -0.1) is 0 Å². The molecule has 192 valence electrons. The van der Waals surface area contributed by atoms with E-state index in [1.54, 1.807) is 27.7 Å². The van der Waals surface area contributed by atoms with E-state index in [0.717, 1.165) is 36.4 Å². The van der Waals surface area contributed by atoms with E-state index in [0.29, 0.717) is 0 Å². The van der Waals surface area contributed by atoms with Gasteiger partial charge in [0.2, 0.25) is 0 Å². The minimum Gasteiger partial charge on any atom is -0.294 e. The Balaban J connectivity index is 0.000000360. The fraction of sp³-hybridized carbons (Fsp3) is 0.286. The van der Waals surface area contributed by atoms with E-state index in [1.807, 2.05) is 0 Å². The first-order valence-electron chi connectivity index (χ1n) is 11.1. The van der Waals surface area contributed by atoms with Crippen LogP contribution in [-0.2, 0) is 19.2 Å². The van der Waals surface area contributed by atoms with Gasteiger partial charge in [-0.2, -0.15) is 0 Å². The molecule has 0 aliphatic carbocycles. The fourth-order valence-corrected chi connectivity index (χ4v) is 2.96. The summed E-state index contributed by atoms with van der Waals surface area (Å²) in [7, 11) is 0. The lowest BCUT2D eigenvalue weighted by Crippen LogP contribution is -2.15. The lowest BCUT2D eigenvalue weighted by atomic mass is 9.96. The van der Waals surface area contributed by atoms with Crippen LogP contribution in [-0.4, -0.2) is 23.1 Å². The molecule has 0 atom stereocenters. The maximum atomic E-state index is 13.0. The first-order valence-corrected chi connectivity index (χ1v) is 11.1. The Hall–Kier alpha value is -3.68. The third-order valence-corrected chi connectivity index (χ3v) is 4.73. The summed E-state index contributed by atoms with van der Waals surface area (Å²) in [6.45, 7) is 9.14. The Kier molecular flexibility index (Phi) is 11.3. The van der Waals surface area contributed by atoms with Gasteiger partial charge in [-0.25, -0.2) is 17.6 Å². The Bertz CT molecular complexity index is 1090. The SMILES string of the molecule is CC(=O)/C(=C/c1cc(F)cc(F)c1)C(=O)C(C)C.CC(=O)/C(=C\c1cc(F)cc(F)c1)C(=O)C(C)C. The van der Waals surface area contributed by atoms with Crippen LogP contribution in [0.2, 0.25) is 0 Å². The molecular weight excluding hydrogens is 476 g/mol. The van der Waals surface area contributed by atoms with Crippen molar-refractivity contribution in [1.82, 2.24) is 0 Å². The van der Waals surface area contributed by atoms with E-state index in [4.69, 9.17) is 0 Å². The largest absolute Gasteiger partial charge is 0.294 e. The molecule has 2 aromatic carbocycles. The number of hydrogen-bond donors (Lipinski definition) is 0. The highest BCUT2D eigenvalue weighted by atomic mass is 19.1. The highest BCUT2D eigenvalue weighted by Gasteiger charge is 2.19. The number of benzene rings is 2. The topological polar surface area (TPSA) is 68.3 Å².